The zero-order valence-corrected chi connectivity index (χ0v) is 10.5. The smallest absolute Gasteiger partial charge is 0.256 e. The van der Waals surface area contributed by atoms with E-state index in [0.29, 0.717) is 5.17 Å². The van der Waals surface area contributed by atoms with Gasteiger partial charge >= 0.3 is 0 Å². The lowest BCUT2D eigenvalue weighted by Gasteiger charge is -2.32. The van der Waals surface area contributed by atoms with Gasteiger partial charge in [0.15, 0.2) is 0 Å². The lowest BCUT2D eigenvalue weighted by atomic mass is 10.3. The van der Waals surface area contributed by atoms with Gasteiger partial charge < -0.3 is 19.9 Å². The Balaban J connectivity index is 1.98. The molecule has 0 bridgehead atoms. The van der Waals surface area contributed by atoms with Crippen molar-refractivity contribution in [2.24, 2.45) is 0 Å². The molecular formula is C10H21N3OS. The highest BCUT2D eigenvalue weighted by atomic mass is 32.1. The number of nitrogens with one attached hydrogen (secondary N) is 1. The summed E-state index contributed by atoms with van der Waals surface area (Å²) in [6.07, 6.45) is 1.12. The van der Waals surface area contributed by atoms with E-state index in [1.54, 1.807) is 7.11 Å². The van der Waals surface area contributed by atoms with E-state index < -0.39 is 0 Å². The minimum Gasteiger partial charge on any atom is -0.474 e. The van der Waals surface area contributed by atoms with Crippen molar-refractivity contribution in [1.82, 2.24) is 15.1 Å². The van der Waals surface area contributed by atoms with Crippen LogP contribution in [0.5, 0.6) is 0 Å². The Hall–Kier alpha value is -0.390. The molecule has 4 nitrogen and oxygen atoms in total. The Bertz CT molecular complexity index is 193. The normalized spacial score (nSPS) is 18.8. The van der Waals surface area contributed by atoms with Gasteiger partial charge in [-0.25, -0.2) is 0 Å². The van der Waals surface area contributed by atoms with Crippen molar-refractivity contribution in [3.8, 4) is 0 Å². The molecule has 0 amide bonds. The molecule has 0 saturated carbocycles. The summed E-state index contributed by atoms with van der Waals surface area (Å²) in [5.74, 6) is 0. The number of methoxy groups -OCH3 is 1. The van der Waals surface area contributed by atoms with Crippen LogP contribution in [-0.2, 0) is 4.74 Å². The van der Waals surface area contributed by atoms with Crippen LogP contribution in [0.25, 0.3) is 0 Å². The molecule has 1 aliphatic rings. The molecule has 0 spiro atoms. The topological polar surface area (TPSA) is 27.7 Å². The van der Waals surface area contributed by atoms with Crippen LogP contribution in [0.15, 0.2) is 0 Å². The van der Waals surface area contributed by atoms with Gasteiger partial charge in [-0.05, 0) is 32.2 Å². The van der Waals surface area contributed by atoms with E-state index in [-0.39, 0.29) is 0 Å². The van der Waals surface area contributed by atoms with Crippen LogP contribution in [0.4, 0.5) is 0 Å². The largest absolute Gasteiger partial charge is 0.474 e. The summed E-state index contributed by atoms with van der Waals surface area (Å²) in [5.41, 5.74) is 0. The minimum atomic E-state index is 0.494. The summed E-state index contributed by atoms with van der Waals surface area (Å²) >= 11 is 4.89. The number of hydrogen-bond donors (Lipinski definition) is 1. The summed E-state index contributed by atoms with van der Waals surface area (Å²) in [6, 6.07) is 0. The lowest BCUT2D eigenvalue weighted by Crippen LogP contribution is -2.45. The number of thiocarbonyl (C=S) groups is 1. The average Bonchev–Trinajstić information content (AvgIpc) is 2.26. The molecular weight excluding hydrogens is 210 g/mol. The Morgan fingerprint density at radius 3 is 2.60 bits per heavy atom. The van der Waals surface area contributed by atoms with Gasteiger partial charge in [0.25, 0.3) is 5.17 Å². The zero-order chi connectivity index (χ0) is 11.1. The summed E-state index contributed by atoms with van der Waals surface area (Å²) in [6.45, 7) is 6.79. The maximum absolute atomic E-state index is 4.89. The van der Waals surface area contributed by atoms with Crippen molar-refractivity contribution in [2.75, 3.05) is 53.4 Å². The highest BCUT2D eigenvalue weighted by Gasteiger charge is 2.12. The summed E-state index contributed by atoms with van der Waals surface area (Å²) in [7, 11) is 3.77. The van der Waals surface area contributed by atoms with Crippen molar-refractivity contribution in [1.29, 1.82) is 0 Å². The first-order valence-corrected chi connectivity index (χ1v) is 5.86. The molecule has 1 fully saturated rings. The van der Waals surface area contributed by atoms with Gasteiger partial charge in [-0.1, -0.05) is 0 Å². The first-order chi connectivity index (χ1) is 7.22. The van der Waals surface area contributed by atoms with Crippen molar-refractivity contribution >= 4 is 17.4 Å². The molecule has 1 rings (SSSR count). The molecule has 88 valence electrons. The molecule has 0 atom stereocenters. The molecule has 0 unspecified atom stereocenters. The van der Waals surface area contributed by atoms with Gasteiger partial charge in [-0.3, -0.25) is 0 Å². The molecule has 0 aromatic carbocycles. The molecule has 1 saturated heterocycles. The Morgan fingerprint density at radius 2 is 2.00 bits per heavy atom. The SMILES string of the molecule is COC(=S)NCCCN1CCN(C)CC1. The number of ether oxygens (including phenoxy) is 1. The maximum atomic E-state index is 4.89. The fourth-order valence-corrected chi connectivity index (χ4v) is 1.74. The fraction of sp³-hybridized carbons (Fsp3) is 0.900. The van der Waals surface area contributed by atoms with Crippen LogP contribution in [0, 0.1) is 0 Å². The van der Waals surface area contributed by atoms with Gasteiger partial charge in [-0.15, -0.1) is 0 Å². The van der Waals surface area contributed by atoms with Gasteiger partial charge in [0.2, 0.25) is 0 Å². The number of piperazine rings is 1. The third-order valence-electron chi connectivity index (χ3n) is 2.70. The van der Waals surface area contributed by atoms with Crippen LogP contribution in [-0.4, -0.2) is 68.4 Å². The van der Waals surface area contributed by atoms with Crippen LogP contribution in [0.2, 0.25) is 0 Å². The third-order valence-corrected chi connectivity index (χ3v) is 3.01. The third kappa shape index (κ3) is 5.30. The van der Waals surface area contributed by atoms with E-state index in [4.69, 9.17) is 17.0 Å². The number of likely N-dealkylation sites (N-methyl/N-ethyl adjacent to an activating group) is 1. The molecule has 0 aliphatic carbocycles. The monoisotopic (exact) mass is 231 g/mol. The van der Waals surface area contributed by atoms with E-state index in [1.165, 1.54) is 26.2 Å². The minimum absolute atomic E-state index is 0.494. The predicted octanol–water partition coefficient (Wildman–Crippen LogP) is 0.145. The van der Waals surface area contributed by atoms with Gasteiger partial charge in [-0.2, -0.15) is 0 Å². The second-order valence-electron chi connectivity index (χ2n) is 3.92. The van der Waals surface area contributed by atoms with Gasteiger partial charge in [0.05, 0.1) is 7.11 Å². The van der Waals surface area contributed by atoms with E-state index in [0.717, 1.165) is 19.5 Å². The number of rotatable bonds is 4. The van der Waals surface area contributed by atoms with Crippen LogP contribution in [0.3, 0.4) is 0 Å². The van der Waals surface area contributed by atoms with E-state index >= 15 is 0 Å². The predicted molar refractivity (Wildman–Crippen MR) is 66.2 cm³/mol. The lowest BCUT2D eigenvalue weighted by molar-refractivity contribution is 0.153. The van der Waals surface area contributed by atoms with E-state index in [9.17, 15) is 0 Å². The molecule has 0 aromatic rings. The molecule has 5 heteroatoms. The molecule has 1 N–H and O–H groups in total. The van der Waals surface area contributed by atoms with Gasteiger partial charge in [0.1, 0.15) is 0 Å². The first-order valence-electron chi connectivity index (χ1n) is 5.45. The second-order valence-corrected chi connectivity index (χ2v) is 4.29. The maximum Gasteiger partial charge on any atom is 0.256 e. The summed E-state index contributed by atoms with van der Waals surface area (Å²) < 4.78 is 4.86. The van der Waals surface area contributed by atoms with Crippen molar-refractivity contribution in [2.45, 2.75) is 6.42 Å². The number of nitrogens with zero attached hydrogens (tertiary/aromatic N) is 2. The van der Waals surface area contributed by atoms with Crippen molar-refractivity contribution in [3.05, 3.63) is 0 Å². The summed E-state index contributed by atoms with van der Waals surface area (Å²) in [5, 5.41) is 3.55. The van der Waals surface area contributed by atoms with E-state index in [2.05, 4.69) is 22.2 Å². The van der Waals surface area contributed by atoms with Gasteiger partial charge in [0, 0.05) is 32.7 Å². The van der Waals surface area contributed by atoms with E-state index in [1.807, 2.05) is 0 Å². The molecule has 15 heavy (non-hydrogen) atoms. The quantitative estimate of drug-likeness (QED) is 0.549. The highest BCUT2D eigenvalue weighted by Crippen LogP contribution is 1.99. The molecule has 0 aromatic heterocycles. The average molecular weight is 231 g/mol. The van der Waals surface area contributed by atoms with Crippen LogP contribution >= 0.6 is 12.2 Å². The van der Waals surface area contributed by atoms with Crippen molar-refractivity contribution in [3.63, 3.8) is 0 Å². The first kappa shape index (κ1) is 12.7. The van der Waals surface area contributed by atoms with Crippen molar-refractivity contribution < 1.29 is 4.74 Å². The Kier molecular flexibility index (Phi) is 5.90. The Morgan fingerprint density at radius 1 is 1.33 bits per heavy atom. The standard InChI is InChI=1S/C10H21N3OS/c1-12-6-8-13(9-7-12)5-3-4-11-10(15)14-2/h3-9H2,1-2H3,(H,11,15). The molecule has 0 radical (unpaired) electrons. The van der Waals surface area contributed by atoms with Crippen LogP contribution < -0.4 is 5.32 Å². The van der Waals surface area contributed by atoms with Crippen LogP contribution in [0.1, 0.15) is 6.42 Å². The highest BCUT2D eigenvalue weighted by molar-refractivity contribution is 7.80. The Labute approximate surface area is 97.6 Å². The zero-order valence-electron chi connectivity index (χ0n) is 9.66. The molecule has 1 heterocycles. The fourth-order valence-electron chi connectivity index (χ4n) is 1.64. The number of hydrogen-bond acceptors (Lipinski definition) is 4. The second kappa shape index (κ2) is 6.98. The summed E-state index contributed by atoms with van der Waals surface area (Å²) in [4.78, 5) is 4.87. The molecule has 1 aliphatic heterocycles.